The Balaban J connectivity index is 1.46. The van der Waals surface area contributed by atoms with Crippen LogP contribution >= 0.6 is 23.1 Å². The van der Waals surface area contributed by atoms with Crippen molar-refractivity contribution >= 4 is 23.1 Å². The van der Waals surface area contributed by atoms with Crippen molar-refractivity contribution in [2.24, 2.45) is 0 Å². The maximum Gasteiger partial charge on any atom is 0.210 e. The van der Waals surface area contributed by atoms with Crippen LogP contribution in [0.5, 0.6) is 0 Å². The van der Waals surface area contributed by atoms with E-state index >= 15 is 0 Å². The molecule has 29 heavy (non-hydrogen) atoms. The molecule has 0 atom stereocenters. The lowest BCUT2D eigenvalue weighted by Gasteiger charge is -2.05. The van der Waals surface area contributed by atoms with Gasteiger partial charge in [-0.25, -0.2) is 14.1 Å². The highest BCUT2D eigenvalue weighted by atomic mass is 32.2. The molecule has 0 aliphatic heterocycles. The molecule has 2 N–H and O–H groups in total. The largest absolute Gasteiger partial charge is 0.335 e. The fourth-order valence-corrected chi connectivity index (χ4v) is 4.54. The standard InChI is InChI=1S/C21H20FN5S2/c1-13(2)14-7-9-15(10-8-14)20-24-16(11-28-20)12-29-21-26-25-19(27(21)23)17-5-3-4-6-18(17)22/h3-11,13H,12,23H2,1-2H3. The van der Waals surface area contributed by atoms with E-state index in [1.807, 2.05) is 5.38 Å². The SMILES string of the molecule is CC(C)c1ccc(-c2nc(CSc3nnc(-c4ccccc4F)n3N)cs2)cc1. The van der Waals surface area contributed by atoms with Crippen LogP contribution in [0.2, 0.25) is 0 Å². The summed E-state index contributed by atoms with van der Waals surface area (Å²) in [6.07, 6.45) is 0. The molecule has 2 aromatic heterocycles. The summed E-state index contributed by atoms with van der Waals surface area (Å²) in [5.74, 6) is 7.13. The highest BCUT2D eigenvalue weighted by molar-refractivity contribution is 7.98. The molecule has 0 amide bonds. The number of aromatic nitrogens is 4. The van der Waals surface area contributed by atoms with Crippen molar-refractivity contribution in [3.63, 3.8) is 0 Å². The van der Waals surface area contributed by atoms with Crippen molar-refractivity contribution in [3.05, 3.63) is 71.0 Å². The van der Waals surface area contributed by atoms with Gasteiger partial charge in [0.1, 0.15) is 10.8 Å². The Kier molecular flexibility index (Phi) is 5.64. The molecule has 4 rings (SSSR count). The molecule has 148 valence electrons. The Bertz CT molecular complexity index is 1120. The Hall–Kier alpha value is -2.71. The smallest absolute Gasteiger partial charge is 0.210 e. The molecular weight excluding hydrogens is 405 g/mol. The van der Waals surface area contributed by atoms with E-state index in [1.165, 1.54) is 28.1 Å². The van der Waals surface area contributed by atoms with Crippen LogP contribution in [-0.2, 0) is 5.75 Å². The van der Waals surface area contributed by atoms with Gasteiger partial charge in [0.15, 0.2) is 5.82 Å². The monoisotopic (exact) mass is 425 g/mol. The fraction of sp³-hybridized carbons (Fsp3) is 0.190. The Labute approximate surface area is 176 Å². The highest BCUT2D eigenvalue weighted by Crippen LogP contribution is 2.29. The summed E-state index contributed by atoms with van der Waals surface area (Å²) in [6.45, 7) is 4.36. The minimum absolute atomic E-state index is 0.301. The van der Waals surface area contributed by atoms with Crippen LogP contribution in [0.25, 0.3) is 22.0 Å². The number of hydrogen-bond donors (Lipinski definition) is 1. The average molecular weight is 426 g/mol. The molecule has 0 bridgehead atoms. The topological polar surface area (TPSA) is 69.6 Å². The molecular formula is C21H20FN5S2. The second-order valence-corrected chi connectivity index (χ2v) is 8.67. The van der Waals surface area contributed by atoms with Crippen molar-refractivity contribution in [2.75, 3.05) is 5.84 Å². The van der Waals surface area contributed by atoms with Crippen LogP contribution < -0.4 is 5.84 Å². The zero-order valence-corrected chi connectivity index (χ0v) is 17.7. The van der Waals surface area contributed by atoms with Crippen LogP contribution in [0, 0.1) is 5.82 Å². The molecule has 5 nitrogen and oxygen atoms in total. The van der Waals surface area contributed by atoms with Gasteiger partial charge in [-0.1, -0.05) is 62.0 Å². The first-order chi connectivity index (χ1) is 14.0. The summed E-state index contributed by atoms with van der Waals surface area (Å²) in [6, 6.07) is 14.9. The number of nitrogens with two attached hydrogens (primary N) is 1. The van der Waals surface area contributed by atoms with Gasteiger partial charge in [-0.3, -0.25) is 0 Å². The van der Waals surface area contributed by atoms with Gasteiger partial charge in [0, 0.05) is 16.7 Å². The van der Waals surface area contributed by atoms with Gasteiger partial charge in [0.2, 0.25) is 5.16 Å². The summed E-state index contributed by atoms with van der Waals surface area (Å²) in [5, 5.41) is 11.7. The van der Waals surface area contributed by atoms with Gasteiger partial charge in [0.25, 0.3) is 0 Å². The number of nitrogens with zero attached hydrogens (tertiary/aromatic N) is 4. The second-order valence-electron chi connectivity index (χ2n) is 6.87. The first kappa shape index (κ1) is 19.6. The van der Waals surface area contributed by atoms with E-state index in [0.29, 0.717) is 28.2 Å². The summed E-state index contributed by atoms with van der Waals surface area (Å²) in [4.78, 5) is 4.72. The predicted octanol–water partition coefficient (Wildman–Crippen LogP) is 5.34. The number of thiazole rings is 1. The van der Waals surface area contributed by atoms with Crippen LogP contribution in [0.4, 0.5) is 4.39 Å². The Morgan fingerprint density at radius 3 is 2.59 bits per heavy atom. The average Bonchev–Trinajstić information content (AvgIpc) is 3.34. The van der Waals surface area contributed by atoms with E-state index < -0.39 is 0 Å². The van der Waals surface area contributed by atoms with Crippen molar-refractivity contribution in [2.45, 2.75) is 30.7 Å². The third-order valence-corrected chi connectivity index (χ3v) is 6.42. The number of thioether (sulfide) groups is 1. The molecule has 0 radical (unpaired) electrons. The third kappa shape index (κ3) is 4.18. The van der Waals surface area contributed by atoms with E-state index in [-0.39, 0.29) is 5.82 Å². The van der Waals surface area contributed by atoms with Crippen molar-refractivity contribution in [3.8, 4) is 22.0 Å². The van der Waals surface area contributed by atoms with Crippen LogP contribution in [0.1, 0.15) is 31.0 Å². The number of halogens is 1. The van der Waals surface area contributed by atoms with Crippen molar-refractivity contribution in [1.82, 2.24) is 19.9 Å². The number of nitrogen functional groups attached to an aromatic ring is 1. The summed E-state index contributed by atoms with van der Waals surface area (Å²) in [5.41, 5.74) is 3.70. The van der Waals surface area contributed by atoms with Gasteiger partial charge in [0.05, 0.1) is 11.3 Å². The molecule has 0 unspecified atom stereocenters. The van der Waals surface area contributed by atoms with E-state index in [4.69, 9.17) is 10.8 Å². The molecule has 0 spiro atoms. The minimum Gasteiger partial charge on any atom is -0.335 e. The van der Waals surface area contributed by atoms with Crippen LogP contribution in [0.3, 0.4) is 0 Å². The first-order valence-electron chi connectivity index (χ1n) is 9.16. The van der Waals surface area contributed by atoms with Gasteiger partial charge < -0.3 is 5.84 Å². The molecule has 4 aromatic rings. The molecule has 0 saturated carbocycles. The Morgan fingerprint density at radius 1 is 1.10 bits per heavy atom. The van der Waals surface area contributed by atoms with Gasteiger partial charge in [-0.05, 0) is 23.6 Å². The molecule has 0 aliphatic carbocycles. The third-order valence-electron chi connectivity index (χ3n) is 4.50. The van der Waals surface area contributed by atoms with Crippen molar-refractivity contribution < 1.29 is 4.39 Å². The van der Waals surface area contributed by atoms with E-state index in [1.54, 1.807) is 29.5 Å². The number of benzene rings is 2. The maximum absolute atomic E-state index is 14.0. The number of rotatable bonds is 6. The van der Waals surface area contributed by atoms with E-state index in [9.17, 15) is 4.39 Å². The lowest BCUT2D eigenvalue weighted by atomic mass is 10.0. The fourth-order valence-electron chi connectivity index (χ4n) is 2.86. The first-order valence-corrected chi connectivity index (χ1v) is 11.0. The predicted molar refractivity (Wildman–Crippen MR) is 117 cm³/mol. The van der Waals surface area contributed by atoms with Gasteiger partial charge in [-0.2, -0.15) is 0 Å². The zero-order chi connectivity index (χ0) is 20.4. The van der Waals surface area contributed by atoms with Crippen LogP contribution in [-0.4, -0.2) is 19.9 Å². The number of hydrogen-bond acceptors (Lipinski definition) is 6. The molecule has 0 fully saturated rings. The normalized spacial score (nSPS) is 11.3. The van der Waals surface area contributed by atoms with E-state index in [2.05, 4.69) is 48.3 Å². The molecule has 2 aromatic carbocycles. The van der Waals surface area contributed by atoms with Gasteiger partial charge >= 0.3 is 0 Å². The Morgan fingerprint density at radius 2 is 1.86 bits per heavy atom. The molecule has 8 heteroatoms. The summed E-state index contributed by atoms with van der Waals surface area (Å²) >= 11 is 3.03. The van der Waals surface area contributed by atoms with Crippen LogP contribution in [0.15, 0.2) is 59.1 Å². The van der Waals surface area contributed by atoms with Crippen molar-refractivity contribution in [1.29, 1.82) is 0 Å². The molecule has 0 aliphatic rings. The summed E-state index contributed by atoms with van der Waals surface area (Å²) in [7, 11) is 0. The minimum atomic E-state index is -0.379. The van der Waals surface area contributed by atoms with E-state index in [0.717, 1.165) is 16.3 Å². The lowest BCUT2D eigenvalue weighted by Crippen LogP contribution is -2.12. The molecule has 0 saturated heterocycles. The maximum atomic E-state index is 14.0. The van der Waals surface area contributed by atoms with Gasteiger partial charge in [-0.15, -0.1) is 21.5 Å². The molecule has 2 heterocycles. The highest BCUT2D eigenvalue weighted by Gasteiger charge is 2.16. The summed E-state index contributed by atoms with van der Waals surface area (Å²) < 4.78 is 15.3. The quantitative estimate of drug-likeness (QED) is 0.334. The lowest BCUT2D eigenvalue weighted by molar-refractivity contribution is 0.629. The second kappa shape index (κ2) is 8.34. The zero-order valence-electron chi connectivity index (χ0n) is 16.0.